The second-order valence-corrected chi connectivity index (χ2v) is 8.55. The number of likely N-dealkylation sites (tertiary alicyclic amines) is 1. The van der Waals surface area contributed by atoms with E-state index in [4.69, 9.17) is 0 Å². The van der Waals surface area contributed by atoms with E-state index in [1.165, 1.54) is 18.6 Å². The Balaban J connectivity index is 1.51. The smallest absolute Gasteiger partial charge is 0.234 e. The zero-order valence-electron chi connectivity index (χ0n) is 17.5. The van der Waals surface area contributed by atoms with Gasteiger partial charge in [-0.15, -0.1) is 10.2 Å². The van der Waals surface area contributed by atoms with Crippen molar-refractivity contribution < 1.29 is 22.4 Å². The van der Waals surface area contributed by atoms with E-state index in [0.717, 1.165) is 49.8 Å². The van der Waals surface area contributed by atoms with Crippen molar-refractivity contribution in [1.29, 1.82) is 0 Å². The van der Waals surface area contributed by atoms with Gasteiger partial charge in [0.15, 0.2) is 28.4 Å². The summed E-state index contributed by atoms with van der Waals surface area (Å²) in [7, 11) is 0. The van der Waals surface area contributed by atoms with Crippen LogP contribution in [-0.4, -0.2) is 44.4 Å². The van der Waals surface area contributed by atoms with Gasteiger partial charge in [0.2, 0.25) is 5.91 Å². The highest BCUT2D eigenvalue weighted by atomic mass is 32.2. The average molecular weight is 480 g/mol. The molecular formula is C22H21F4N5OS. The first-order valence-corrected chi connectivity index (χ1v) is 11.4. The molecule has 33 heavy (non-hydrogen) atoms. The van der Waals surface area contributed by atoms with E-state index in [-0.39, 0.29) is 11.6 Å². The zero-order valence-corrected chi connectivity index (χ0v) is 18.3. The summed E-state index contributed by atoms with van der Waals surface area (Å²) in [6.07, 6.45) is 3.40. The summed E-state index contributed by atoms with van der Waals surface area (Å²) in [4.78, 5) is 14.6. The molecule has 0 aliphatic carbocycles. The monoisotopic (exact) mass is 479 g/mol. The number of thioether (sulfide) groups is 1. The molecule has 2 heterocycles. The Labute approximate surface area is 192 Å². The van der Waals surface area contributed by atoms with Crippen molar-refractivity contribution in [2.45, 2.75) is 31.0 Å². The van der Waals surface area contributed by atoms with Crippen LogP contribution in [-0.2, 0) is 11.3 Å². The summed E-state index contributed by atoms with van der Waals surface area (Å²) in [5, 5.41) is 11.1. The van der Waals surface area contributed by atoms with Crippen LogP contribution in [0.5, 0.6) is 0 Å². The molecule has 0 radical (unpaired) electrons. The van der Waals surface area contributed by atoms with Crippen molar-refractivity contribution in [3.05, 3.63) is 65.5 Å². The number of halogens is 4. The second-order valence-electron chi connectivity index (χ2n) is 7.61. The first kappa shape index (κ1) is 23.2. The second kappa shape index (κ2) is 10.3. The molecule has 1 aliphatic heterocycles. The number of rotatable bonds is 7. The molecule has 0 atom stereocenters. The third kappa shape index (κ3) is 5.53. The van der Waals surface area contributed by atoms with Gasteiger partial charge in [0.25, 0.3) is 0 Å². The van der Waals surface area contributed by atoms with Crippen molar-refractivity contribution >= 4 is 23.4 Å². The molecule has 2 aromatic carbocycles. The Hall–Kier alpha value is -2.92. The molecule has 0 unspecified atom stereocenters. The molecule has 1 amide bonds. The maximum atomic E-state index is 13.8. The lowest BCUT2D eigenvalue weighted by atomic mass is 10.1. The predicted octanol–water partition coefficient (Wildman–Crippen LogP) is 4.54. The first-order chi connectivity index (χ1) is 15.9. The van der Waals surface area contributed by atoms with Crippen molar-refractivity contribution in [3.8, 4) is 5.69 Å². The van der Waals surface area contributed by atoms with E-state index in [1.54, 1.807) is 16.7 Å². The number of benzene rings is 2. The van der Waals surface area contributed by atoms with Crippen LogP contribution < -0.4 is 5.32 Å². The molecule has 0 spiro atoms. The number of carbonyl (C=O) groups is 1. The van der Waals surface area contributed by atoms with Crippen molar-refractivity contribution in [3.63, 3.8) is 0 Å². The maximum Gasteiger partial charge on any atom is 0.234 e. The summed E-state index contributed by atoms with van der Waals surface area (Å²) in [5.74, 6) is -5.00. The highest BCUT2D eigenvalue weighted by Gasteiger charge is 2.20. The van der Waals surface area contributed by atoms with Crippen LogP contribution in [0.25, 0.3) is 5.69 Å². The molecule has 1 aromatic heterocycles. The summed E-state index contributed by atoms with van der Waals surface area (Å²) in [6.45, 7) is 2.44. The lowest BCUT2D eigenvalue weighted by Gasteiger charge is -2.26. The lowest BCUT2D eigenvalue weighted by Crippen LogP contribution is -2.30. The van der Waals surface area contributed by atoms with Crippen LogP contribution in [0.1, 0.15) is 25.1 Å². The van der Waals surface area contributed by atoms with Crippen LogP contribution in [0.15, 0.2) is 41.6 Å². The number of piperidine rings is 1. The number of hydrogen-bond acceptors (Lipinski definition) is 5. The summed E-state index contributed by atoms with van der Waals surface area (Å²) in [5.41, 5.74) is 0.188. The number of carbonyl (C=O) groups excluding carboxylic acids is 1. The molecule has 1 saturated heterocycles. The molecule has 174 valence electrons. The summed E-state index contributed by atoms with van der Waals surface area (Å²) >= 11 is 1.04. The largest absolute Gasteiger partial charge is 0.323 e. The summed E-state index contributed by atoms with van der Waals surface area (Å²) < 4.78 is 55.5. The lowest BCUT2D eigenvalue weighted by molar-refractivity contribution is -0.113. The number of nitrogens with zero attached hydrogens (tertiary/aromatic N) is 4. The summed E-state index contributed by atoms with van der Waals surface area (Å²) in [6, 6.07) is 7.53. The molecule has 6 nitrogen and oxygen atoms in total. The van der Waals surface area contributed by atoms with Gasteiger partial charge in [-0.25, -0.2) is 17.6 Å². The normalized spacial score (nSPS) is 14.4. The first-order valence-electron chi connectivity index (χ1n) is 10.4. The predicted molar refractivity (Wildman–Crippen MR) is 116 cm³/mol. The fourth-order valence-corrected chi connectivity index (χ4v) is 4.37. The Morgan fingerprint density at radius 3 is 2.39 bits per heavy atom. The highest BCUT2D eigenvalue weighted by Crippen LogP contribution is 2.25. The molecular weight excluding hydrogens is 458 g/mol. The quantitative estimate of drug-likeness (QED) is 0.306. The van der Waals surface area contributed by atoms with Crippen LogP contribution in [0.2, 0.25) is 0 Å². The van der Waals surface area contributed by atoms with E-state index in [9.17, 15) is 22.4 Å². The van der Waals surface area contributed by atoms with Gasteiger partial charge in [-0.1, -0.05) is 18.2 Å². The minimum atomic E-state index is -1.65. The van der Waals surface area contributed by atoms with Gasteiger partial charge in [0.1, 0.15) is 5.82 Å². The van der Waals surface area contributed by atoms with Crippen molar-refractivity contribution in [2.75, 3.05) is 24.2 Å². The third-order valence-electron chi connectivity index (χ3n) is 5.24. The van der Waals surface area contributed by atoms with Gasteiger partial charge in [-0.2, -0.15) is 0 Å². The molecule has 0 bridgehead atoms. The van der Waals surface area contributed by atoms with Crippen LogP contribution in [0.3, 0.4) is 0 Å². The Morgan fingerprint density at radius 2 is 1.67 bits per heavy atom. The average Bonchev–Trinajstić information content (AvgIpc) is 3.21. The molecule has 1 fully saturated rings. The Morgan fingerprint density at radius 1 is 0.939 bits per heavy atom. The number of anilines is 1. The van der Waals surface area contributed by atoms with Crippen LogP contribution in [0, 0.1) is 23.3 Å². The number of aromatic nitrogens is 3. The fraction of sp³-hybridized carbons (Fsp3) is 0.318. The van der Waals surface area contributed by atoms with Gasteiger partial charge in [0, 0.05) is 5.69 Å². The Kier molecular flexibility index (Phi) is 7.29. The molecule has 4 rings (SSSR count). The fourth-order valence-electron chi connectivity index (χ4n) is 3.60. The number of hydrogen-bond donors (Lipinski definition) is 1. The van der Waals surface area contributed by atoms with Gasteiger partial charge in [0.05, 0.1) is 18.0 Å². The van der Waals surface area contributed by atoms with E-state index >= 15 is 0 Å². The van der Waals surface area contributed by atoms with Crippen LogP contribution in [0.4, 0.5) is 23.2 Å². The molecule has 3 aromatic rings. The standard InChI is InChI=1S/C22H21F4N5OS/c23-14-4-6-15(7-5-14)31-18(12-30-10-2-1-3-11-30)28-29-22(31)33-13-19(32)27-17-9-8-16(24)20(25)21(17)26/h4-9H,1-3,10-13H2,(H,27,32). The van der Waals surface area contributed by atoms with Gasteiger partial charge < -0.3 is 5.32 Å². The molecule has 1 N–H and O–H groups in total. The van der Waals surface area contributed by atoms with Crippen molar-refractivity contribution in [1.82, 2.24) is 19.7 Å². The molecule has 0 saturated carbocycles. The van der Waals surface area contributed by atoms with E-state index in [2.05, 4.69) is 20.4 Å². The van der Waals surface area contributed by atoms with E-state index in [0.29, 0.717) is 23.2 Å². The molecule has 11 heteroatoms. The Bertz CT molecular complexity index is 1130. The topological polar surface area (TPSA) is 63.1 Å². The maximum absolute atomic E-state index is 13.8. The van der Waals surface area contributed by atoms with Crippen molar-refractivity contribution in [2.24, 2.45) is 0 Å². The van der Waals surface area contributed by atoms with Crippen LogP contribution >= 0.6 is 11.8 Å². The zero-order chi connectivity index (χ0) is 23.4. The third-order valence-corrected chi connectivity index (χ3v) is 6.17. The number of amides is 1. The minimum absolute atomic E-state index is 0.179. The van der Waals surface area contributed by atoms with E-state index < -0.39 is 29.0 Å². The SMILES string of the molecule is O=C(CSc1nnc(CN2CCCCC2)n1-c1ccc(F)cc1)Nc1ccc(F)c(F)c1F. The van der Waals surface area contributed by atoms with E-state index in [1.807, 2.05) is 0 Å². The van der Waals surface area contributed by atoms with Gasteiger partial charge in [-0.05, 0) is 62.3 Å². The molecule has 1 aliphatic rings. The minimum Gasteiger partial charge on any atom is -0.323 e. The van der Waals surface area contributed by atoms with Gasteiger partial charge in [-0.3, -0.25) is 14.3 Å². The number of nitrogens with one attached hydrogen (secondary N) is 1. The highest BCUT2D eigenvalue weighted by molar-refractivity contribution is 7.99. The van der Waals surface area contributed by atoms with Gasteiger partial charge >= 0.3 is 0 Å².